The van der Waals surface area contributed by atoms with Crippen molar-refractivity contribution in [3.05, 3.63) is 0 Å². The summed E-state index contributed by atoms with van der Waals surface area (Å²) in [4.78, 5) is 23.6. The maximum atomic E-state index is 10.9. The molecule has 1 heterocycles. The fraction of sp³-hybridized carbons (Fsp3) is 0.714. The second-order valence-corrected chi connectivity index (χ2v) is 2.90. The van der Waals surface area contributed by atoms with Crippen LogP contribution < -0.4 is 0 Å². The van der Waals surface area contributed by atoms with Crippen LogP contribution in [0.1, 0.15) is 0 Å². The zero-order valence-electron chi connectivity index (χ0n) is 6.73. The van der Waals surface area contributed by atoms with Crippen LogP contribution in [-0.2, 0) is 19.1 Å². The van der Waals surface area contributed by atoms with Crippen LogP contribution >= 0.6 is 11.6 Å². The fourth-order valence-corrected chi connectivity index (χ4v) is 1.13. The van der Waals surface area contributed by atoms with E-state index >= 15 is 0 Å². The number of ether oxygens (including phenoxy) is 2. The van der Waals surface area contributed by atoms with Gasteiger partial charge < -0.3 is 9.47 Å². The Balaban J connectivity index is 2.49. The highest BCUT2D eigenvalue weighted by atomic mass is 35.5. The van der Waals surface area contributed by atoms with Crippen LogP contribution in [0.2, 0.25) is 0 Å². The predicted octanol–water partition coefficient (Wildman–Crippen LogP) is -0.128. The number of isocyanates is 1. The molecule has 2 unspecified atom stereocenters. The lowest BCUT2D eigenvalue weighted by molar-refractivity contribution is -0.127. The highest BCUT2D eigenvalue weighted by Gasteiger charge is 2.29. The van der Waals surface area contributed by atoms with Crippen molar-refractivity contribution in [3.8, 4) is 0 Å². The first-order valence-electron chi connectivity index (χ1n) is 3.71. The summed E-state index contributed by atoms with van der Waals surface area (Å²) < 4.78 is 10.2. The Labute approximate surface area is 79.7 Å². The molecule has 0 aromatic heterocycles. The van der Waals surface area contributed by atoms with Crippen LogP contribution in [0.4, 0.5) is 0 Å². The van der Waals surface area contributed by atoms with Crippen LogP contribution in [0.5, 0.6) is 0 Å². The number of amides is 1. The molecule has 0 N–H and O–H groups in total. The highest BCUT2D eigenvalue weighted by molar-refractivity contribution is 6.31. The number of hydrogen-bond donors (Lipinski definition) is 0. The Hall–Kier alpha value is -0.740. The molecule has 1 fully saturated rings. The van der Waals surface area contributed by atoms with E-state index in [0.717, 1.165) is 6.08 Å². The SMILES string of the molecule is O=C=NC(=O)C(Cl)C1COCCO1. The summed E-state index contributed by atoms with van der Waals surface area (Å²) in [6, 6.07) is 0. The first kappa shape index (κ1) is 10.3. The van der Waals surface area contributed by atoms with Crippen LogP contribution in [0, 0.1) is 0 Å². The number of nitrogens with zero attached hydrogens (tertiary/aromatic N) is 1. The molecule has 6 heteroatoms. The maximum Gasteiger partial charge on any atom is 0.277 e. The van der Waals surface area contributed by atoms with Gasteiger partial charge in [-0.25, -0.2) is 4.79 Å². The zero-order chi connectivity index (χ0) is 9.68. The van der Waals surface area contributed by atoms with Crippen LogP contribution in [0.15, 0.2) is 4.99 Å². The van der Waals surface area contributed by atoms with Crippen molar-refractivity contribution in [2.75, 3.05) is 19.8 Å². The van der Waals surface area contributed by atoms with Gasteiger partial charge in [-0.15, -0.1) is 16.6 Å². The molecule has 0 aromatic carbocycles. The summed E-state index contributed by atoms with van der Waals surface area (Å²) in [6.45, 7) is 1.13. The molecule has 1 rings (SSSR count). The molecule has 0 radical (unpaired) electrons. The highest BCUT2D eigenvalue weighted by Crippen LogP contribution is 2.12. The second kappa shape index (κ2) is 5.09. The normalized spacial score (nSPS) is 24.5. The van der Waals surface area contributed by atoms with Crippen molar-refractivity contribution in [1.82, 2.24) is 0 Å². The number of aliphatic imine (C=N–C) groups is 1. The molecule has 0 bridgehead atoms. The Morgan fingerprint density at radius 3 is 2.92 bits per heavy atom. The minimum Gasteiger partial charge on any atom is -0.376 e. The monoisotopic (exact) mass is 205 g/mol. The van der Waals surface area contributed by atoms with Crippen molar-refractivity contribution in [1.29, 1.82) is 0 Å². The van der Waals surface area contributed by atoms with E-state index in [2.05, 4.69) is 4.99 Å². The summed E-state index contributed by atoms with van der Waals surface area (Å²) in [5.41, 5.74) is 0. The number of hydrogen-bond acceptors (Lipinski definition) is 4. The number of carbonyl (C=O) groups excluding carboxylic acids is 2. The average molecular weight is 206 g/mol. The minimum absolute atomic E-state index is 0.244. The molecule has 1 aliphatic rings. The standard InChI is InChI=1S/C7H8ClNO4/c8-6(7(11)9-4-10)5-3-12-1-2-13-5/h5-6H,1-3H2. The van der Waals surface area contributed by atoms with Gasteiger partial charge in [0.2, 0.25) is 6.08 Å². The smallest absolute Gasteiger partial charge is 0.277 e. The molecule has 0 aromatic rings. The van der Waals surface area contributed by atoms with Crippen molar-refractivity contribution in [2.45, 2.75) is 11.5 Å². The first-order valence-corrected chi connectivity index (χ1v) is 4.14. The van der Waals surface area contributed by atoms with Gasteiger partial charge in [-0.3, -0.25) is 4.79 Å². The van der Waals surface area contributed by atoms with Gasteiger partial charge in [-0.1, -0.05) is 0 Å². The lowest BCUT2D eigenvalue weighted by atomic mass is 10.2. The quantitative estimate of drug-likeness (QED) is 0.358. The van der Waals surface area contributed by atoms with Gasteiger partial charge in [0.15, 0.2) is 0 Å². The van der Waals surface area contributed by atoms with E-state index < -0.39 is 17.4 Å². The molecule has 5 nitrogen and oxygen atoms in total. The van der Waals surface area contributed by atoms with Crippen LogP contribution in [-0.4, -0.2) is 43.3 Å². The van der Waals surface area contributed by atoms with E-state index in [-0.39, 0.29) is 6.61 Å². The van der Waals surface area contributed by atoms with Crippen molar-refractivity contribution >= 4 is 23.6 Å². The third kappa shape index (κ3) is 2.90. The van der Waals surface area contributed by atoms with Gasteiger partial charge in [0.05, 0.1) is 19.8 Å². The number of carbonyl (C=O) groups is 1. The molecule has 0 saturated carbocycles. The lowest BCUT2D eigenvalue weighted by Gasteiger charge is -2.24. The predicted molar refractivity (Wildman–Crippen MR) is 43.3 cm³/mol. The topological polar surface area (TPSA) is 65.0 Å². The van der Waals surface area contributed by atoms with E-state index in [1.807, 2.05) is 0 Å². The zero-order valence-corrected chi connectivity index (χ0v) is 7.49. The Kier molecular flexibility index (Phi) is 4.05. The Morgan fingerprint density at radius 2 is 2.38 bits per heavy atom. The molecule has 13 heavy (non-hydrogen) atoms. The summed E-state index contributed by atoms with van der Waals surface area (Å²) in [6.07, 6.45) is 0.604. The summed E-state index contributed by atoms with van der Waals surface area (Å²) >= 11 is 5.66. The van der Waals surface area contributed by atoms with E-state index in [9.17, 15) is 9.59 Å². The summed E-state index contributed by atoms with van der Waals surface area (Å²) in [5.74, 6) is -0.743. The largest absolute Gasteiger partial charge is 0.376 e. The van der Waals surface area contributed by atoms with E-state index in [1.54, 1.807) is 0 Å². The van der Waals surface area contributed by atoms with Crippen LogP contribution in [0.3, 0.4) is 0 Å². The van der Waals surface area contributed by atoms with Gasteiger partial charge in [0.25, 0.3) is 5.91 Å². The summed E-state index contributed by atoms with van der Waals surface area (Å²) in [5, 5.41) is -0.971. The molecule has 0 spiro atoms. The van der Waals surface area contributed by atoms with Gasteiger partial charge >= 0.3 is 0 Å². The average Bonchev–Trinajstić information content (AvgIpc) is 2.18. The van der Waals surface area contributed by atoms with Gasteiger partial charge in [-0.05, 0) is 0 Å². The second-order valence-electron chi connectivity index (χ2n) is 2.43. The fourth-order valence-electron chi connectivity index (χ4n) is 0.941. The van der Waals surface area contributed by atoms with Crippen molar-refractivity contribution < 1.29 is 19.1 Å². The van der Waals surface area contributed by atoms with E-state index in [1.165, 1.54) is 0 Å². The van der Waals surface area contributed by atoms with Gasteiger partial charge in [0, 0.05) is 0 Å². The molecule has 0 aliphatic carbocycles. The van der Waals surface area contributed by atoms with Gasteiger partial charge in [-0.2, -0.15) is 0 Å². The Bertz CT molecular complexity index is 233. The molecule has 1 amide bonds. The van der Waals surface area contributed by atoms with Crippen LogP contribution in [0.25, 0.3) is 0 Å². The Morgan fingerprint density at radius 1 is 1.62 bits per heavy atom. The molecule has 2 atom stereocenters. The number of rotatable bonds is 2. The lowest BCUT2D eigenvalue weighted by Crippen LogP contribution is -2.39. The molecule has 72 valence electrons. The number of alkyl halides is 1. The molecule has 1 saturated heterocycles. The first-order chi connectivity index (χ1) is 6.25. The third-order valence-corrected chi connectivity index (χ3v) is 2.03. The molecular formula is C7H8ClNO4. The molecular weight excluding hydrogens is 198 g/mol. The molecule has 1 aliphatic heterocycles. The minimum atomic E-state index is -0.971. The summed E-state index contributed by atoms with van der Waals surface area (Å²) in [7, 11) is 0. The van der Waals surface area contributed by atoms with Crippen molar-refractivity contribution in [2.24, 2.45) is 4.99 Å². The van der Waals surface area contributed by atoms with E-state index in [0.29, 0.717) is 13.2 Å². The van der Waals surface area contributed by atoms with Crippen molar-refractivity contribution in [3.63, 3.8) is 0 Å². The maximum absolute atomic E-state index is 10.9. The number of halogens is 1. The van der Waals surface area contributed by atoms with Gasteiger partial charge in [0.1, 0.15) is 11.5 Å². The van der Waals surface area contributed by atoms with E-state index in [4.69, 9.17) is 21.1 Å². The third-order valence-electron chi connectivity index (χ3n) is 1.56.